The molecule has 0 bridgehead atoms. The molecule has 0 aliphatic heterocycles. The third-order valence-electron chi connectivity index (χ3n) is 1.40. The molecule has 14 heavy (non-hydrogen) atoms. The van der Waals surface area contributed by atoms with Crippen LogP contribution >= 0.6 is 0 Å². The van der Waals surface area contributed by atoms with Crippen LogP contribution in [0, 0.1) is 0 Å². The van der Waals surface area contributed by atoms with Crippen molar-refractivity contribution in [2.45, 2.75) is 0 Å². The van der Waals surface area contributed by atoms with E-state index in [1.807, 2.05) is 0 Å². The second-order valence-electron chi connectivity index (χ2n) is 2.38. The fourth-order valence-electron chi connectivity index (χ4n) is 0.750. The highest BCUT2D eigenvalue weighted by Crippen LogP contribution is 2.02. The Hall–Kier alpha value is -1.62. The average Bonchev–Trinajstić information content (AvgIpc) is 2.23. The van der Waals surface area contributed by atoms with E-state index in [0.717, 1.165) is 0 Å². The highest BCUT2D eigenvalue weighted by Gasteiger charge is 2.07. The lowest BCUT2D eigenvalue weighted by Gasteiger charge is -2.01. The van der Waals surface area contributed by atoms with E-state index in [0.29, 0.717) is 6.29 Å². The minimum Gasteiger partial charge on any atom is -0.465 e. The first kappa shape index (κ1) is 12.4. The fraction of sp³-hybridized carbons (Fsp3) is 0.333. The molecule has 0 radical (unpaired) electrons. The molecule has 0 saturated carbocycles. The lowest BCUT2D eigenvalue weighted by atomic mass is 10.2. The number of methoxy groups -OCH3 is 1. The molecule has 0 aromatic heterocycles. The number of aliphatic hydroxyl groups excluding tert-OH is 1. The maximum absolute atomic E-state index is 11.1. The summed E-state index contributed by atoms with van der Waals surface area (Å²) in [4.78, 5) is 21.5. The van der Waals surface area contributed by atoms with E-state index in [2.05, 4.69) is 10.1 Å². The highest BCUT2D eigenvalue weighted by molar-refractivity contribution is 5.93. The molecule has 0 heterocycles. The van der Waals surface area contributed by atoms with Gasteiger partial charge in [-0.05, 0) is 6.08 Å². The Balaban J connectivity index is 4.85. The Labute approximate surface area is 82.1 Å². The molecule has 0 rings (SSSR count). The molecule has 0 spiro atoms. The van der Waals surface area contributed by atoms with Crippen molar-refractivity contribution < 1.29 is 19.4 Å². The van der Waals surface area contributed by atoms with Crippen molar-refractivity contribution in [3.05, 3.63) is 23.4 Å². The summed E-state index contributed by atoms with van der Waals surface area (Å²) in [5, 5.41) is 11.3. The van der Waals surface area contributed by atoms with Crippen LogP contribution in [0.4, 0.5) is 0 Å². The topological polar surface area (TPSA) is 75.6 Å². The summed E-state index contributed by atoms with van der Waals surface area (Å²) >= 11 is 0. The van der Waals surface area contributed by atoms with Gasteiger partial charge in [-0.1, -0.05) is 0 Å². The minimum atomic E-state index is -0.577. The molecule has 0 aliphatic rings. The van der Waals surface area contributed by atoms with Crippen molar-refractivity contribution >= 4 is 12.3 Å². The Kier molecular flexibility index (Phi) is 6.06. The normalized spacial score (nSPS) is 12.2. The zero-order chi connectivity index (χ0) is 11.0. The van der Waals surface area contributed by atoms with E-state index < -0.39 is 12.6 Å². The maximum atomic E-state index is 11.1. The Morgan fingerprint density at radius 2 is 2.21 bits per heavy atom. The lowest BCUT2D eigenvalue weighted by molar-refractivity contribution is -0.135. The molecule has 0 aliphatic carbocycles. The zero-order valence-electron chi connectivity index (χ0n) is 8.11. The van der Waals surface area contributed by atoms with Crippen LogP contribution in [-0.2, 0) is 14.3 Å². The maximum Gasteiger partial charge on any atom is 0.339 e. The molecule has 0 aromatic rings. The third-order valence-corrected chi connectivity index (χ3v) is 1.40. The molecule has 0 atom stereocenters. The predicted octanol–water partition coefficient (Wildman–Crippen LogP) is -0.620. The molecule has 0 unspecified atom stereocenters. The minimum absolute atomic E-state index is 0.108. The van der Waals surface area contributed by atoms with E-state index >= 15 is 0 Å². The van der Waals surface area contributed by atoms with Crippen LogP contribution in [0.1, 0.15) is 0 Å². The van der Waals surface area contributed by atoms with Crippen molar-refractivity contribution in [1.29, 1.82) is 0 Å². The zero-order valence-corrected chi connectivity index (χ0v) is 8.11. The van der Waals surface area contributed by atoms with Crippen LogP contribution < -0.4 is 5.32 Å². The van der Waals surface area contributed by atoms with E-state index in [4.69, 9.17) is 5.11 Å². The molecule has 0 saturated heterocycles. The van der Waals surface area contributed by atoms with Gasteiger partial charge in [0.1, 0.15) is 6.29 Å². The number of aliphatic hydroxyl groups is 1. The number of hydrogen-bond donors (Lipinski definition) is 2. The van der Waals surface area contributed by atoms with Crippen LogP contribution in [0.5, 0.6) is 0 Å². The summed E-state index contributed by atoms with van der Waals surface area (Å²) < 4.78 is 4.47. The summed E-state index contributed by atoms with van der Waals surface area (Å²) in [5.41, 5.74) is 0.281. The van der Waals surface area contributed by atoms with Crippen LogP contribution in [0.3, 0.4) is 0 Å². The Morgan fingerprint density at radius 1 is 1.57 bits per heavy atom. The molecule has 78 valence electrons. The number of ether oxygens (including phenoxy) is 1. The Morgan fingerprint density at radius 3 is 2.57 bits per heavy atom. The molecular formula is C9H13NO4. The van der Waals surface area contributed by atoms with Crippen LogP contribution in [-0.4, -0.2) is 38.1 Å². The first-order chi connectivity index (χ1) is 6.69. The molecule has 2 N–H and O–H groups in total. The smallest absolute Gasteiger partial charge is 0.339 e. The standard InChI is InChI=1S/C9H13NO4/c1-10-4-8(9(13)14-2)3-7(5-11)6-12/h3-5,10,12H,6H2,1-2H3/b7-3+,8-4+. The number of hydrogen-bond acceptors (Lipinski definition) is 5. The molecule has 0 aromatic carbocycles. The summed E-state index contributed by atoms with van der Waals surface area (Å²) in [6.07, 6.45) is 3.12. The van der Waals surface area contributed by atoms with Gasteiger partial charge in [-0.15, -0.1) is 0 Å². The van der Waals surface area contributed by atoms with Gasteiger partial charge in [0, 0.05) is 18.8 Å². The van der Waals surface area contributed by atoms with Gasteiger partial charge in [0.25, 0.3) is 0 Å². The van der Waals surface area contributed by atoms with Gasteiger partial charge in [0.2, 0.25) is 0 Å². The monoisotopic (exact) mass is 199 g/mol. The number of rotatable bonds is 5. The first-order valence-electron chi connectivity index (χ1n) is 3.92. The van der Waals surface area contributed by atoms with E-state index in [1.165, 1.54) is 19.4 Å². The lowest BCUT2D eigenvalue weighted by Crippen LogP contribution is -2.08. The van der Waals surface area contributed by atoms with E-state index in [1.54, 1.807) is 7.05 Å². The number of aldehydes is 1. The SMILES string of the molecule is CN/C=C(\C=C(/C=O)CO)C(=O)OC. The molecular weight excluding hydrogens is 186 g/mol. The first-order valence-corrected chi connectivity index (χ1v) is 3.92. The molecule has 5 nitrogen and oxygen atoms in total. The van der Waals surface area contributed by atoms with Crippen LogP contribution in [0.2, 0.25) is 0 Å². The predicted molar refractivity (Wildman–Crippen MR) is 50.4 cm³/mol. The third kappa shape index (κ3) is 3.86. The second kappa shape index (κ2) is 6.85. The molecule has 0 amide bonds. The van der Waals surface area contributed by atoms with Gasteiger partial charge in [-0.2, -0.15) is 0 Å². The van der Waals surface area contributed by atoms with Crippen LogP contribution in [0.15, 0.2) is 23.4 Å². The van der Waals surface area contributed by atoms with Gasteiger partial charge in [0.15, 0.2) is 0 Å². The molecule has 5 heteroatoms. The van der Waals surface area contributed by atoms with Crippen molar-refractivity contribution in [2.75, 3.05) is 20.8 Å². The summed E-state index contributed by atoms with van der Waals surface area (Å²) in [7, 11) is 2.84. The van der Waals surface area contributed by atoms with Gasteiger partial charge in [-0.3, -0.25) is 4.79 Å². The van der Waals surface area contributed by atoms with Crippen molar-refractivity contribution in [2.24, 2.45) is 0 Å². The van der Waals surface area contributed by atoms with Crippen molar-refractivity contribution in [3.63, 3.8) is 0 Å². The summed E-state index contributed by atoms with van der Waals surface area (Å²) in [6.45, 7) is -0.415. The highest BCUT2D eigenvalue weighted by atomic mass is 16.5. The van der Waals surface area contributed by atoms with Gasteiger partial charge < -0.3 is 15.2 Å². The molecule has 0 fully saturated rings. The van der Waals surface area contributed by atoms with E-state index in [-0.39, 0.29) is 11.1 Å². The quantitative estimate of drug-likeness (QED) is 0.267. The van der Waals surface area contributed by atoms with Crippen molar-refractivity contribution in [3.8, 4) is 0 Å². The number of carbonyl (C=O) groups is 2. The largest absolute Gasteiger partial charge is 0.465 e. The fourth-order valence-corrected chi connectivity index (χ4v) is 0.750. The number of carbonyl (C=O) groups excluding carboxylic acids is 2. The number of esters is 1. The average molecular weight is 199 g/mol. The van der Waals surface area contributed by atoms with Gasteiger partial charge in [-0.25, -0.2) is 4.79 Å². The summed E-state index contributed by atoms with van der Waals surface area (Å²) in [6, 6.07) is 0. The van der Waals surface area contributed by atoms with Gasteiger partial charge >= 0.3 is 5.97 Å². The second-order valence-corrected chi connectivity index (χ2v) is 2.38. The number of nitrogens with one attached hydrogen (secondary N) is 1. The van der Waals surface area contributed by atoms with Crippen LogP contribution in [0.25, 0.3) is 0 Å². The van der Waals surface area contributed by atoms with Gasteiger partial charge in [0.05, 0.1) is 19.3 Å². The van der Waals surface area contributed by atoms with Crippen molar-refractivity contribution in [1.82, 2.24) is 5.32 Å². The van der Waals surface area contributed by atoms with E-state index in [9.17, 15) is 9.59 Å². The Bertz CT molecular complexity index is 268. The summed E-state index contributed by atoms with van der Waals surface area (Å²) in [5.74, 6) is -0.577.